The van der Waals surface area contributed by atoms with Gasteiger partial charge in [0.15, 0.2) is 0 Å². The molecule has 0 atom stereocenters. The van der Waals surface area contributed by atoms with Crippen LogP contribution in [0.4, 0.5) is 0 Å². The van der Waals surface area contributed by atoms with Gasteiger partial charge in [0.1, 0.15) is 0 Å². The van der Waals surface area contributed by atoms with Gasteiger partial charge < -0.3 is 0 Å². The first-order valence-electron chi connectivity index (χ1n) is 2.00. The Labute approximate surface area is 71.4 Å². The van der Waals surface area contributed by atoms with Crippen molar-refractivity contribution in [3.63, 3.8) is 0 Å². The van der Waals surface area contributed by atoms with E-state index in [0.717, 1.165) is 0 Å². The standard InChI is InChI=1S/6B.2La. The summed E-state index contributed by atoms with van der Waals surface area (Å²) in [6.07, 6.45) is 0. The summed E-state index contributed by atoms with van der Waals surface area (Å²) in [7, 11) is 0. The second kappa shape index (κ2) is 2.38. The van der Waals surface area contributed by atoms with E-state index >= 15 is 0 Å². The van der Waals surface area contributed by atoms with Crippen LogP contribution >= 0.6 is 0 Å². The van der Waals surface area contributed by atoms with E-state index in [9.17, 15) is 0 Å². The number of hydrogen-bond acceptors (Lipinski definition) is 0. The van der Waals surface area contributed by atoms with Crippen LogP contribution in [0.5, 0.6) is 0 Å². The molecule has 0 aromatic heterocycles. The van der Waals surface area contributed by atoms with Gasteiger partial charge in [0.05, 0.1) is 0 Å². The van der Waals surface area contributed by atoms with Crippen LogP contribution < -0.4 is 0 Å². The predicted molar refractivity (Wildman–Crippen MR) is 34.5 cm³/mol. The van der Waals surface area contributed by atoms with Gasteiger partial charge in [-0.2, -0.15) is 0 Å². The second-order valence-corrected chi connectivity index (χ2v) is 21.0. The molecular formula is B6La2. The summed E-state index contributed by atoms with van der Waals surface area (Å²) in [5.41, 5.74) is 0. The molecule has 1 radical (unpaired) electrons. The molecular weight excluding hydrogens is 343 g/mol. The van der Waals surface area contributed by atoms with Crippen molar-refractivity contribution in [2.45, 2.75) is 0 Å². The Balaban J connectivity index is 0. The topological polar surface area (TPSA) is 0 Å². The minimum atomic E-state index is -5.44. The smallest absolute Gasteiger partial charge is 0 e. The van der Waals surface area contributed by atoms with Gasteiger partial charge in [-0.15, -0.1) is 0 Å². The van der Waals surface area contributed by atoms with Crippen LogP contribution in [0.1, 0.15) is 0 Å². The van der Waals surface area contributed by atoms with E-state index in [4.69, 9.17) is 19.8 Å². The van der Waals surface area contributed by atoms with E-state index in [1.807, 2.05) is 0 Å². The maximum absolute atomic E-state index is 5.44. The van der Waals surface area contributed by atoms with Gasteiger partial charge in [-0.05, 0) is 0 Å². The Morgan fingerprint density at radius 1 is 0.625 bits per heavy atom. The second-order valence-electron chi connectivity index (χ2n) is 2.89. The molecule has 0 aliphatic heterocycles. The third kappa shape index (κ3) is 68.8. The first kappa shape index (κ1) is 13.4. The van der Waals surface area contributed by atoms with Gasteiger partial charge in [-0.3, -0.25) is 0 Å². The molecule has 0 aliphatic rings. The van der Waals surface area contributed by atoms with Gasteiger partial charge in [-0.1, -0.05) is 0 Å². The Morgan fingerprint density at radius 2 is 0.625 bits per heavy atom. The molecule has 0 amide bonds. The molecule has 0 heterocycles. The molecule has 0 nitrogen and oxygen atoms in total. The zero-order valence-electron chi connectivity index (χ0n) is 4.62. The molecule has 8 heteroatoms. The van der Waals surface area contributed by atoms with Gasteiger partial charge >= 0.3 is 37.9 Å². The minimum absolute atomic E-state index is 0. The molecule has 0 saturated carbocycles. The van der Waals surface area contributed by atoms with E-state index in [2.05, 4.69) is 0 Å². The maximum atomic E-state index is 4.94. The minimum Gasteiger partial charge on any atom is 0 e. The van der Waals surface area contributed by atoms with Crippen LogP contribution in [0.2, 0.25) is 0 Å². The van der Waals surface area contributed by atoms with Crippen LogP contribution in [0.15, 0.2) is 0 Å². The Hall–Kier alpha value is 2.78. The van der Waals surface area contributed by atoms with E-state index < -0.39 is 18.1 Å². The first-order valence-corrected chi connectivity index (χ1v) is 14.6. The molecule has 0 unspecified atom stereocenters. The Bertz CT molecular complexity index is 1200. The van der Waals surface area contributed by atoms with Crippen LogP contribution in [-0.4, -0.2) is 19.8 Å². The third-order valence-corrected chi connectivity index (χ3v) is 0. The molecule has 0 bridgehead atoms. The van der Waals surface area contributed by atoms with Crippen LogP contribution in [0, 0.1) is 53.7 Å². The predicted octanol–water partition coefficient (Wildman–Crippen LogP) is -2.28. The maximum Gasteiger partial charge on any atom is 0 e. The summed E-state index contributed by atoms with van der Waals surface area (Å²) in [5.74, 6) is 0. The summed E-state index contributed by atoms with van der Waals surface area (Å²) < 4.78 is 29.7. The van der Waals surface area contributed by atoms with Gasteiger partial charge in [0.2, 0.25) is 0 Å². The Morgan fingerprint density at radius 3 is 0.625 bits per heavy atom. The van der Waals surface area contributed by atoms with Gasteiger partial charge in [0.25, 0.3) is 0 Å². The summed E-state index contributed by atoms with van der Waals surface area (Å²) in [4.78, 5) is 0. The van der Waals surface area contributed by atoms with Gasteiger partial charge in [0, 0.05) is 35.6 Å². The largest absolute Gasteiger partial charge is 0 e. The molecule has 0 aliphatic carbocycles. The summed E-state index contributed by atoms with van der Waals surface area (Å²) in [6, 6.07) is 0. The average molecular weight is 343 g/mol. The first-order chi connectivity index (χ1) is 2.45. The van der Waals surface area contributed by atoms with Crippen molar-refractivity contribution in [3.05, 3.63) is 0 Å². The molecule has 0 saturated heterocycles. The van der Waals surface area contributed by atoms with Crippen molar-refractivity contribution < 1.29 is 53.7 Å². The van der Waals surface area contributed by atoms with E-state index in [1.54, 1.807) is 0 Å². The quantitative estimate of drug-likeness (QED) is 0.435. The summed E-state index contributed by atoms with van der Waals surface area (Å²) >= 11 is -5.44. The summed E-state index contributed by atoms with van der Waals surface area (Å²) in [6.45, 7) is 0. The van der Waals surface area contributed by atoms with Crippen LogP contribution in [0.25, 0.3) is 0 Å². The van der Waals surface area contributed by atoms with Crippen LogP contribution in [0.3, 0.4) is 0 Å². The fourth-order valence-corrected chi connectivity index (χ4v) is 0. The molecule has 0 aromatic carbocycles. The van der Waals surface area contributed by atoms with E-state index in [1.165, 1.54) is 0 Å². The normalized spacial score (nSPS) is 21.0. The van der Waals surface area contributed by atoms with Crippen molar-refractivity contribution >= 4 is 19.8 Å². The van der Waals surface area contributed by atoms with E-state index in [0.29, 0.717) is 0 Å². The third-order valence-electron chi connectivity index (χ3n) is 0. The molecule has 0 aromatic rings. The number of hydrogen-bond donors (Lipinski definition) is 0. The molecule has 0 fully saturated rings. The van der Waals surface area contributed by atoms with Crippen molar-refractivity contribution in [1.82, 2.24) is 0 Å². The summed E-state index contributed by atoms with van der Waals surface area (Å²) in [5, 5.41) is 0. The fraction of sp³-hybridized carbons (Fsp3) is 0. The monoisotopic (exact) mass is 344 g/mol. The molecule has 8 heavy (non-hydrogen) atoms. The van der Waals surface area contributed by atoms with Crippen molar-refractivity contribution in [2.24, 2.45) is 0 Å². The van der Waals surface area contributed by atoms with Crippen molar-refractivity contribution in [2.75, 3.05) is 0 Å². The van der Waals surface area contributed by atoms with Gasteiger partial charge in [-0.25, -0.2) is 0 Å². The SMILES string of the molecule is [B]#[La](#[B])(#[B])(#[B])(#[B])#[B].[La]. The zero-order chi connectivity index (χ0) is 6.41. The Kier molecular flexibility index (Phi) is 3.99. The fourth-order valence-electron chi connectivity index (χ4n) is 0. The van der Waals surface area contributed by atoms with E-state index in [-0.39, 0.29) is 35.6 Å². The average Bonchev–Trinajstić information content (AvgIpc) is 0.592. The molecule has 24 valence electrons. The number of rotatable bonds is 0. The molecule has 0 spiro atoms. The molecule has 0 rings (SSSR count). The van der Waals surface area contributed by atoms with Crippen molar-refractivity contribution in [3.8, 4) is 0 Å². The van der Waals surface area contributed by atoms with Crippen LogP contribution in [-0.2, 0) is 0 Å². The molecule has 0 N–H and O–H groups in total. The van der Waals surface area contributed by atoms with Crippen molar-refractivity contribution in [1.29, 1.82) is 0 Å². The zero-order valence-corrected chi connectivity index (χ0v) is 11.9.